The maximum absolute atomic E-state index is 12.8. The largest absolute Gasteiger partial charge is 0.435 e. The highest BCUT2D eigenvalue weighted by Crippen LogP contribution is 2.28. The van der Waals surface area contributed by atoms with Crippen molar-refractivity contribution in [1.29, 1.82) is 0 Å². The van der Waals surface area contributed by atoms with Gasteiger partial charge in [-0.3, -0.25) is 9.78 Å². The normalized spacial score (nSPS) is 12.7. The molecule has 1 unspecified atom stereocenters. The van der Waals surface area contributed by atoms with E-state index in [0.29, 0.717) is 22.6 Å². The van der Waals surface area contributed by atoms with Gasteiger partial charge < -0.3 is 9.84 Å². The van der Waals surface area contributed by atoms with E-state index in [1.54, 1.807) is 24.5 Å². The van der Waals surface area contributed by atoms with Crippen molar-refractivity contribution in [3.63, 3.8) is 0 Å². The summed E-state index contributed by atoms with van der Waals surface area (Å²) in [6.07, 6.45) is -0.0738. The number of pyridine rings is 1. The van der Waals surface area contributed by atoms with E-state index in [4.69, 9.17) is 4.52 Å². The molecule has 8 nitrogen and oxygen atoms in total. The molecule has 33 heavy (non-hydrogen) atoms. The number of carbonyl (C=O) groups excluding carboxylic acids is 1. The van der Waals surface area contributed by atoms with Gasteiger partial charge in [0, 0.05) is 29.7 Å². The molecule has 3 aromatic heterocycles. The summed E-state index contributed by atoms with van der Waals surface area (Å²) in [6, 6.07) is 9.93. The fraction of sp³-hybridized carbons (Fsp3) is 0.227. The lowest BCUT2D eigenvalue weighted by Crippen LogP contribution is -2.32. The van der Waals surface area contributed by atoms with Gasteiger partial charge in [0.2, 0.25) is 11.7 Å². The van der Waals surface area contributed by atoms with Crippen LogP contribution in [0.3, 0.4) is 0 Å². The Morgan fingerprint density at radius 1 is 1.12 bits per heavy atom. The molecule has 1 aromatic carbocycles. The molecule has 1 N–H and O–H groups in total. The van der Waals surface area contributed by atoms with Gasteiger partial charge in [-0.05, 0) is 48.4 Å². The average Bonchev–Trinajstić information content (AvgIpc) is 3.48. The Labute approximate surface area is 186 Å². The van der Waals surface area contributed by atoms with E-state index < -0.39 is 23.8 Å². The quantitative estimate of drug-likeness (QED) is 0.460. The van der Waals surface area contributed by atoms with Crippen LogP contribution in [0.2, 0.25) is 0 Å². The molecular weight excluding hydrogens is 437 g/mol. The summed E-state index contributed by atoms with van der Waals surface area (Å²) in [5.41, 5.74) is 0.401. The molecule has 0 aliphatic heterocycles. The predicted octanol–water partition coefficient (Wildman–Crippen LogP) is 4.46. The molecule has 1 amide bonds. The molecule has 4 rings (SSSR count). The molecule has 11 heteroatoms. The van der Waals surface area contributed by atoms with Crippen LogP contribution in [0, 0.1) is 5.92 Å². The monoisotopic (exact) mass is 456 g/mol. The van der Waals surface area contributed by atoms with Gasteiger partial charge in [0.1, 0.15) is 6.04 Å². The molecule has 170 valence electrons. The third-order valence-electron chi connectivity index (χ3n) is 4.85. The van der Waals surface area contributed by atoms with Crippen molar-refractivity contribution >= 4 is 5.91 Å². The Bertz CT molecular complexity index is 1230. The molecule has 0 fully saturated rings. The zero-order chi connectivity index (χ0) is 23.6. The van der Waals surface area contributed by atoms with Gasteiger partial charge in [-0.15, -0.1) is 0 Å². The fourth-order valence-electron chi connectivity index (χ4n) is 3.10. The Hall–Kier alpha value is -4.02. The first kappa shape index (κ1) is 22.2. The first-order valence-electron chi connectivity index (χ1n) is 10.0. The van der Waals surface area contributed by atoms with Gasteiger partial charge in [0.05, 0.1) is 5.69 Å². The molecule has 1 atom stereocenters. The summed E-state index contributed by atoms with van der Waals surface area (Å²) in [6.45, 7) is 3.80. The number of rotatable bonds is 6. The Kier molecular flexibility index (Phi) is 5.95. The van der Waals surface area contributed by atoms with Crippen LogP contribution in [-0.4, -0.2) is 30.8 Å². The maximum atomic E-state index is 12.8. The number of hydrogen-bond donors (Lipinski definition) is 1. The number of carbonyl (C=O) groups is 1. The van der Waals surface area contributed by atoms with Crippen LogP contribution >= 0.6 is 0 Å². The van der Waals surface area contributed by atoms with Crippen LogP contribution in [0.15, 0.2) is 65.6 Å². The summed E-state index contributed by atoms with van der Waals surface area (Å²) in [5.74, 6) is 0.169. The lowest BCUT2D eigenvalue weighted by Gasteiger charge is -2.18. The van der Waals surface area contributed by atoms with Gasteiger partial charge in [0.25, 0.3) is 5.91 Å². The second kappa shape index (κ2) is 8.85. The van der Waals surface area contributed by atoms with Crippen molar-refractivity contribution in [3.8, 4) is 17.1 Å². The first-order valence-corrected chi connectivity index (χ1v) is 10.0. The number of benzene rings is 1. The molecule has 3 heterocycles. The molecular formula is C22H19F3N6O2. The molecule has 0 aliphatic rings. The predicted molar refractivity (Wildman–Crippen MR) is 111 cm³/mol. The van der Waals surface area contributed by atoms with Crippen LogP contribution in [0.5, 0.6) is 0 Å². The number of halogens is 3. The third kappa shape index (κ3) is 4.92. The van der Waals surface area contributed by atoms with Crippen molar-refractivity contribution in [2.45, 2.75) is 26.1 Å². The third-order valence-corrected chi connectivity index (χ3v) is 4.85. The smallest absolute Gasteiger partial charge is 0.340 e. The number of aromatic nitrogens is 5. The highest BCUT2D eigenvalue weighted by molar-refractivity contribution is 5.94. The lowest BCUT2D eigenvalue weighted by atomic mass is 10.0. The van der Waals surface area contributed by atoms with Gasteiger partial charge in [0.15, 0.2) is 5.69 Å². The van der Waals surface area contributed by atoms with Crippen LogP contribution < -0.4 is 5.32 Å². The molecule has 0 saturated heterocycles. The molecule has 0 saturated carbocycles. The second-order valence-electron chi connectivity index (χ2n) is 7.58. The average molecular weight is 456 g/mol. The van der Waals surface area contributed by atoms with Gasteiger partial charge in [-0.1, -0.05) is 19.0 Å². The van der Waals surface area contributed by atoms with Crippen molar-refractivity contribution in [1.82, 2.24) is 30.2 Å². The minimum absolute atomic E-state index is 0.0553. The van der Waals surface area contributed by atoms with Crippen LogP contribution in [0.4, 0.5) is 13.2 Å². The first-order chi connectivity index (χ1) is 15.7. The zero-order valence-electron chi connectivity index (χ0n) is 17.6. The van der Waals surface area contributed by atoms with Gasteiger partial charge >= 0.3 is 6.18 Å². The lowest BCUT2D eigenvalue weighted by molar-refractivity contribution is -0.141. The van der Waals surface area contributed by atoms with E-state index in [1.165, 1.54) is 30.5 Å². The summed E-state index contributed by atoms with van der Waals surface area (Å²) in [4.78, 5) is 21.2. The van der Waals surface area contributed by atoms with E-state index in [9.17, 15) is 18.0 Å². The highest BCUT2D eigenvalue weighted by Gasteiger charge is 2.33. The van der Waals surface area contributed by atoms with E-state index >= 15 is 0 Å². The zero-order valence-corrected chi connectivity index (χ0v) is 17.6. The van der Waals surface area contributed by atoms with E-state index in [2.05, 4.69) is 25.5 Å². The number of nitrogens with one attached hydrogen (secondary N) is 1. The van der Waals surface area contributed by atoms with Crippen LogP contribution in [0.1, 0.15) is 41.8 Å². The summed E-state index contributed by atoms with van der Waals surface area (Å²) < 4.78 is 44.8. The highest BCUT2D eigenvalue weighted by atomic mass is 19.4. The Morgan fingerprint density at radius 2 is 1.88 bits per heavy atom. The van der Waals surface area contributed by atoms with E-state index in [1.807, 2.05) is 13.8 Å². The van der Waals surface area contributed by atoms with Crippen LogP contribution in [0.25, 0.3) is 17.1 Å². The summed E-state index contributed by atoms with van der Waals surface area (Å²) in [7, 11) is 0. The second-order valence-corrected chi connectivity index (χ2v) is 7.58. The van der Waals surface area contributed by atoms with E-state index in [0.717, 1.165) is 10.7 Å². The van der Waals surface area contributed by atoms with E-state index in [-0.39, 0.29) is 11.8 Å². The van der Waals surface area contributed by atoms with Crippen LogP contribution in [-0.2, 0) is 6.18 Å². The Morgan fingerprint density at radius 3 is 2.48 bits per heavy atom. The molecule has 0 bridgehead atoms. The summed E-state index contributed by atoms with van der Waals surface area (Å²) in [5, 5.41) is 10.4. The topological polar surface area (TPSA) is 98.7 Å². The van der Waals surface area contributed by atoms with Crippen molar-refractivity contribution in [3.05, 3.63) is 78.2 Å². The van der Waals surface area contributed by atoms with Crippen molar-refractivity contribution in [2.75, 3.05) is 0 Å². The van der Waals surface area contributed by atoms with Gasteiger partial charge in [-0.25, -0.2) is 4.68 Å². The molecule has 0 aliphatic carbocycles. The minimum Gasteiger partial charge on any atom is -0.340 e. The number of hydrogen-bond acceptors (Lipinski definition) is 6. The van der Waals surface area contributed by atoms with Gasteiger partial charge in [-0.2, -0.15) is 23.3 Å². The number of alkyl halides is 3. The fourth-order valence-corrected chi connectivity index (χ4v) is 3.10. The summed E-state index contributed by atoms with van der Waals surface area (Å²) >= 11 is 0. The molecule has 0 spiro atoms. The van der Waals surface area contributed by atoms with Crippen molar-refractivity contribution < 1.29 is 22.5 Å². The minimum atomic E-state index is -4.53. The molecule has 4 aromatic rings. The molecule has 0 radical (unpaired) electrons. The van der Waals surface area contributed by atoms with Crippen molar-refractivity contribution in [2.24, 2.45) is 5.92 Å². The standard InChI is InChI=1S/C22H19F3N6O2/c1-13(2)18(21-28-19(30-33-21)15-4-3-10-26-12-15)27-20(32)14-5-7-16(8-6-14)31-11-9-17(29-31)22(23,24)25/h3-13,18H,1-2H3,(H,27,32). The number of amides is 1. The SMILES string of the molecule is CC(C)C(NC(=O)c1ccc(-n2ccc(C(F)(F)F)n2)cc1)c1nc(-c2cccnc2)no1. The maximum Gasteiger partial charge on any atom is 0.435 e. The Balaban J connectivity index is 1.49. The number of nitrogens with zero attached hydrogens (tertiary/aromatic N) is 5.